The lowest BCUT2D eigenvalue weighted by Gasteiger charge is -2.36. The van der Waals surface area contributed by atoms with E-state index >= 15 is 0 Å². The van der Waals surface area contributed by atoms with Crippen molar-refractivity contribution in [1.29, 1.82) is 0 Å². The van der Waals surface area contributed by atoms with Gasteiger partial charge in [-0.05, 0) is 55.2 Å². The van der Waals surface area contributed by atoms with E-state index in [0.717, 1.165) is 12.0 Å². The maximum absolute atomic E-state index is 13.3. The Kier molecular flexibility index (Phi) is 6.64. The van der Waals surface area contributed by atoms with E-state index in [2.05, 4.69) is 5.32 Å². The molecule has 0 radical (unpaired) electrons. The van der Waals surface area contributed by atoms with E-state index in [1.54, 1.807) is 12.1 Å². The molecule has 1 fully saturated rings. The minimum Gasteiger partial charge on any atom is -0.492 e. The van der Waals surface area contributed by atoms with Crippen LogP contribution in [0, 0.1) is 0 Å². The van der Waals surface area contributed by atoms with Crippen LogP contribution in [0.5, 0.6) is 5.75 Å². The summed E-state index contributed by atoms with van der Waals surface area (Å²) in [4.78, 5) is 13.3. The molecule has 2 aromatic rings. The third-order valence-electron chi connectivity index (χ3n) is 4.83. The van der Waals surface area contributed by atoms with E-state index in [0.29, 0.717) is 54.1 Å². The third-order valence-corrected chi connectivity index (χ3v) is 5.38. The lowest BCUT2D eigenvalue weighted by atomic mass is 9.73. The number of hydrogen-bond acceptors (Lipinski definition) is 3. The summed E-state index contributed by atoms with van der Waals surface area (Å²) in [5, 5.41) is 4.15. The Labute approximate surface area is 169 Å². The van der Waals surface area contributed by atoms with Crippen molar-refractivity contribution in [2.24, 2.45) is 0 Å². The van der Waals surface area contributed by atoms with E-state index < -0.39 is 5.41 Å². The molecule has 6 heteroatoms. The normalized spacial score (nSPS) is 16.0. The first-order valence-electron chi connectivity index (χ1n) is 9.13. The number of nitrogens with one attached hydrogen (secondary N) is 1. The highest BCUT2D eigenvalue weighted by atomic mass is 35.5. The zero-order valence-corrected chi connectivity index (χ0v) is 16.8. The molecule has 27 heavy (non-hydrogen) atoms. The maximum Gasteiger partial charge on any atom is 0.235 e. The van der Waals surface area contributed by atoms with Gasteiger partial charge in [0.1, 0.15) is 5.75 Å². The summed E-state index contributed by atoms with van der Waals surface area (Å²) in [7, 11) is 0. The molecule has 1 aliphatic heterocycles. The molecule has 4 nitrogen and oxygen atoms in total. The van der Waals surface area contributed by atoms with Gasteiger partial charge in [0.2, 0.25) is 5.91 Å². The molecule has 3 rings (SSSR count). The van der Waals surface area contributed by atoms with Gasteiger partial charge in [-0.3, -0.25) is 4.79 Å². The molecule has 1 N–H and O–H groups in total. The largest absolute Gasteiger partial charge is 0.492 e. The summed E-state index contributed by atoms with van der Waals surface area (Å²) in [6, 6.07) is 12.8. The molecule has 0 bridgehead atoms. The van der Waals surface area contributed by atoms with Crippen LogP contribution in [0.2, 0.25) is 10.0 Å². The second-order valence-electron chi connectivity index (χ2n) is 6.65. The zero-order valence-electron chi connectivity index (χ0n) is 15.3. The van der Waals surface area contributed by atoms with Crippen molar-refractivity contribution in [2.75, 3.05) is 25.1 Å². The summed E-state index contributed by atoms with van der Waals surface area (Å²) >= 11 is 12.3. The minimum absolute atomic E-state index is 0.0635. The van der Waals surface area contributed by atoms with Crippen molar-refractivity contribution in [3.05, 3.63) is 58.1 Å². The molecule has 0 unspecified atom stereocenters. The van der Waals surface area contributed by atoms with Gasteiger partial charge in [-0.2, -0.15) is 0 Å². The molecule has 0 aromatic heterocycles. The van der Waals surface area contributed by atoms with Gasteiger partial charge in [-0.25, -0.2) is 0 Å². The lowest BCUT2D eigenvalue weighted by molar-refractivity contribution is -0.125. The number of carbonyl (C=O) groups excluding carboxylic acids is 1. The Morgan fingerprint density at radius 3 is 2.48 bits per heavy atom. The molecule has 0 saturated carbocycles. The van der Waals surface area contributed by atoms with E-state index in [4.69, 9.17) is 32.7 Å². The van der Waals surface area contributed by atoms with Crippen molar-refractivity contribution in [2.45, 2.75) is 31.6 Å². The highest BCUT2D eigenvalue weighted by Gasteiger charge is 2.41. The molecule has 1 amide bonds. The smallest absolute Gasteiger partial charge is 0.235 e. The SMILES string of the molecule is CCCOc1ccc(NC(=O)C2(c3ccc(Cl)cc3)CCOCC2)cc1Cl. The van der Waals surface area contributed by atoms with Crippen LogP contribution < -0.4 is 10.1 Å². The lowest BCUT2D eigenvalue weighted by Crippen LogP contribution is -2.44. The number of rotatable bonds is 6. The predicted molar refractivity (Wildman–Crippen MR) is 109 cm³/mol. The third kappa shape index (κ3) is 4.57. The Hall–Kier alpha value is -1.75. The fourth-order valence-corrected chi connectivity index (χ4v) is 3.66. The van der Waals surface area contributed by atoms with Crippen LogP contribution in [0.4, 0.5) is 5.69 Å². The predicted octanol–water partition coefficient (Wildman–Crippen LogP) is 5.47. The molecule has 1 saturated heterocycles. The Morgan fingerprint density at radius 2 is 1.85 bits per heavy atom. The van der Waals surface area contributed by atoms with Crippen LogP contribution in [0.15, 0.2) is 42.5 Å². The fraction of sp³-hybridized carbons (Fsp3) is 0.381. The first kappa shape index (κ1) is 20.0. The maximum atomic E-state index is 13.3. The van der Waals surface area contributed by atoms with Gasteiger partial charge in [0.05, 0.1) is 17.0 Å². The summed E-state index contributed by atoms with van der Waals surface area (Å²) in [6.07, 6.45) is 2.14. The van der Waals surface area contributed by atoms with Gasteiger partial charge in [0.25, 0.3) is 0 Å². The second kappa shape index (κ2) is 8.96. The highest BCUT2D eigenvalue weighted by molar-refractivity contribution is 6.32. The van der Waals surface area contributed by atoms with Gasteiger partial charge >= 0.3 is 0 Å². The second-order valence-corrected chi connectivity index (χ2v) is 7.49. The first-order valence-corrected chi connectivity index (χ1v) is 9.88. The zero-order chi connectivity index (χ0) is 19.3. The van der Waals surface area contributed by atoms with Crippen molar-refractivity contribution in [3.63, 3.8) is 0 Å². The Balaban J connectivity index is 1.83. The van der Waals surface area contributed by atoms with Gasteiger partial charge < -0.3 is 14.8 Å². The molecule has 2 aromatic carbocycles. The molecule has 0 aliphatic carbocycles. The number of anilines is 1. The molecule has 1 heterocycles. The topological polar surface area (TPSA) is 47.6 Å². The number of amides is 1. The molecular formula is C21H23Cl2NO3. The standard InChI is InChI=1S/C21H23Cl2NO3/c1-2-11-27-19-8-7-17(14-18(19)23)24-20(25)21(9-12-26-13-10-21)15-3-5-16(22)6-4-15/h3-8,14H,2,9-13H2,1H3,(H,24,25). The summed E-state index contributed by atoms with van der Waals surface area (Å²) < 4.78 is 11.1. The van der Waals surface area contributed by atoms with E-state index in [-0.39, 0.29) is 5.91 Å². The number of hydrogen-bond donors (Lipinski definition) is 1. The fourth-order valence-electron chi connectivity index (χ4n) is 3.29. The van der Waals surface area contributed by atoms with Crippen LogP contribution in [-0.4, -0.2) is 25.7 Å². The average Bonchev–Trinajstić information content (AvgIpc) is 2.68. The summed E-state index contributed by atoms with van der Waals surface area (Å²) in [5.41, 5.74) is 0.947. The monoisotopic (exact) mass is 407 g/mol. The Morgan fingerprint density at radius 1 is 1.15 bits per heavy atom. The van der Waals surface area contributed by atoms with Gasteiger partial charge in [0.15, 0.2) is 0 Å². The molecule has 1 aliphatic rings. The number of benzene rings is 2. The van der Waals surface area contributed by atoms with Crippen molar-refractivity contribution < 1.29 is 14.3 Å². The number of carbonyl (C=O) groups is 1. The van der Waals surface area contributed by atoms with E-state index in [1.165, 1.54) is 0 Å². The van der Waals surface area contributed by atoms with Crippen LogP contribution in [0.1, 0.15) is 31.7 Å². The van der Waals surface area contributed by atoms with Crippen molar-refractivity contribution >= 4 is 34.8 Å². The van der Waals surface area contributed by atoms with Gasteiger partial charge in [0, 0.05) is 23.9 Å². The van der Waals surface area contributed by atoms with Crippen LogP contribution >= 0.6 is 23.2 Å². The van der Waals surface area contributed by atoms with E-state index in [1.807, 2.05) is 37.3 Å². The highest BCUT2D eigenvalue weighted by Crippen LogP contribution is 2.37. The summed E-state index contributed by atoms with van der Waals surface area (Å²) in [6.45, 7) is 3.72. The van der Waals surface area contributed by atoms with Crippen LogP contribution in [0.3, 0.4) is 0 Å². The quantitative estimate of drug-likeness (QED) is 0.690. The first-order chi connectivity index (χ1) is 13.0. The van der Waals surface area contributed by atoms with Gasteiger partial charge in [-0.15, -0.1) is 0 Å². The van der Waals surface area contributed by atoms with Gasteiger partial charge in [-0.1, -0.05) is 42.3 Å². The Bertz CT molecular complexity index is 787. The van der Waals surface area contributed by atoms with Crippen LogP contribution in [0.25, 0.3) is 0 Å². The molecular weight excluding hydrogens is 385 g/mol. The number of halogens is 2. The summed E-state index contributed by atoms with van der Waals surface area (Å²) in [5.74, 6) is 0.557. The van der Waals surface area contributed by atoms with E-state index in [9.17, 15) is 4.79 Å². The molecule has 144 valence electrons. The molecule has 0 atom stereocenters. The van der Waals surface area contributed by atoms with Crippen molar-refractivity contribution in [3.8, 4) is 5.75 Å². The number of ether oxygens (including phenoxy) is 2. The minimum atomic E-state index is -0.646. The van der Waals surface area contributed by atoms with Crippen LogP contribution in [-0.2, 0) is 14.9 Å². The van der Waals surface area contributed by atoms with Crippen molar-refractivity contribution in [1.82, 2.24) is 0 Å². The molecule has 0 spiro atoms. The average molecular weight is 408 g/mol.